The number of likely N-dealkylation sites (tertiary alicyclic amines) is 1. The molecular weight excluding hydrogens is 1370 g/mol. The highest BCUT2D eigenvalue weighted by Crippen LogP contribution is 2.60. The van der Waals surface area contributed by atoms with Gasteiger partial charge in [-0.25, -0.2) is 29.9 Å². The molecule has 2 saturated heterocycles. The van der Waals surface area contributed by atoms with Crippen LogP contribution in [0.1, 0.15) is 83.3 Å². The lowest BCUT2D eigenvalue weighted by Gasteiger charge is -2.27. The van der Waals surface area contributed by atoms with Crippen LogP contribution in [0.2, 0.25) is 0 Å². The molecule has 25 nitrogen and oxygen atoms in total. The molecule has 504 valence electrons. The van der Waals surface area contributed by atoms with Gasteiger partial charge in [0.2, 0.25) is 17.7 Å². The van der Waals surface area contributed by atoms with E-state index in [-0.39, 0.29) is 83.3 Å². The first-order chi connectivity index (χ1) is 46.7. The largest absolute Gasteiger partial charge is 0.480 e. The number of carbonyl (C=O) groups is 6. The normalized spacial score (nSPS) is 19.3. The maximum absolute atomic E-state index is 14.2. The number of ether oxygens (including phenoxy) is 4. The minimum Gasteiger partial charge on any atom is -0.480 e. The van der Waals surface area contributed by atoms with E-state index in [0.29, 0.717) is 119 Å². The minimum absolute atomic E-state index is 0.0733. The molecule has 97 heavy (non-hydrogen) atoms. The van der Waals surface area contributed by atoms with Gasteiger partial charge >= 0.3 is 5.97 Å². The molecular formula is C70H74Br2N14O11. The summed E-state index contributed by atoms with van der Waals surface area (Å²) in [6.07, 6.45) is 16.6. The Bertz CT molecular complexity index is 4330. The number of halogens is 2. The molecule has 8 aromatic rings. The molecule has 8 heterocycles. The Morgan fingerprint density at radius 3 is 1.54 bits per heavy atom. The highest BCUT2D eigenvalue weighted by Gasteiger charge is 2.67. The monoisotopic (exact) mass is 1440 g/mol. The quantitative estimate of drug-likeness (QED) is 0.0153. The van der Waals surface area contributed by atoms with Gasteiger partial charge in [0.15, 0.2) is 11.6 Å². The fourth-order valence-corrected chi connectivity index (χ4v) is 12.8. The lowest BCUT2D eigenvalue weighted by atomic mass is 10.00. The maximum atomic E-state index is 14.2. The van der Waals surface area contributed by atoms with E-state index in [1.54, 1.807) is 77.7 Å². The summed E-state index contributed by atoms with van der Waals surface area (Å²) in [6.45, 7) is 24.1. The summed E-state index contributed by atoms with van der Waals surface area (Å²) < 4.78 is 26.6. The van der Waals surface area contributed by atoms with E-state index in [1.807, 2.05) is 55.5 Å². The molecule has 27 heteroatoms. The number of aromatic nitrogens is 10. The summed E-state index contributed by atoms with van der Waals surface area (Å²) >= 11 is 6.74. The number of hydrogen-bond acceptors (Lipinski definition) is 19. The molecule has 2 aliphatic carbocycles. The predicted octanol–water partition coefficient (Wildman–Crippen LogP) is 9.96. The van der Waals surface area contributed by atoms with E-state index in [9.17, 15) is 28.8 Å². The van der Waals surface area contributed by atoms with Crippen LogP contribution in [0.15, 0.2) is 145 Å². The second kappa shape index (κ2) is 31.3. The first-order valence-corrected chi connectivity index (χ1v) is 32.8. The topological polar surface area (TPSA) is 312 Å². The average molecular weight is 1450 g/mol. The molecule has 4 aliphatic rings. The van der Waals surface area contributed by atoms with Gasteiger partial charge in [-0.05, 0) is 119 Å². The number of aryl methyl sites for hydroxylation is 2. The van der Waals surface area contributed by atoms with Crippen molar-refractivity contribution in [3.05, 3.63) is 179 Å². The standard InChI is InChI=1S/C35H36BrN7O5.C19H24BrN3O3.C16H14N4O3/c1-5-11-47-19-24-8-10-30(36)39-33(24)40-34(46)28-14-35(20-48-12-6-2)15-29(35)43(28)31(45)18-42-27-9-7-23(25-16-37-22(4)38-17-25)13-26(27)32(41-42)21(3)44;1-3-7-25-11-13-5-6-16(20)22-17(13)23-18(24)14-9-19(10-15(19)21-14)12-26-8-4-2;1-9(21)16-13-5-11(12-6-17-10(2)18-7-12)3-4-14(13)20(19-16)8-15(22)23/h5-10,13,16-17,28-29H,1-2,11-12,14-15,18-20H2,3-4H3,(H,39,40,46);3-6,14-15,21H,1-2,7-12H2,(H,22,23,24);3-7H,8H2,1-2H3,(H,22,23)/t28-,29-,35+;14-,15-,19+;/m00./s1. The van der Waals surface area contributed by atoms with Crippen molar-refractivity contribution in [3.63, 3.8) is 0 Å². The second-order valence-corrected chi connectivity index (χ2v) is 25.8. The molecule has 2 saturated carbocycles. The summed E-state index contributed by atoms with van der Waals surface area (Å²) in [5.74, 6) is 0.0417. The van der Waals surface area contributed by atoms with E-state index in [0.717, 1.165) is 47.1 Å². The van der Waals surface area contributed by atoms with E-state index < -0.39 is 12.0 Å². The van der Waals surface area contributed by atoms with Crippen molar-refractivity contribution < 1.29 is 52.8 Å². The number of ketones is 2. The fraction of sp³-hybridized carbons (Fsp3) is 0.343. The van der Waals surface area contributed by atoms with Gasteiger partial charge < -0.3 is 44.9 Å². The molecule has 2 aliphatic heterocycles. The lowest BCUT2D eigenvalue weighted by Crippen LogP contribution is -2.47. The molecule has 12 rings (SSSR count). The molecule has 0 spiro atoms. The number of nitrogens with zero attached hydrogens (tertiary/aromatic N) is 11. The zero-order valence-electron chi connectivity index (χ0n) is 54.1. The van der Waals surface area contributed by atoms with Crippen LogP contribution >= 0.6 is 31.9 Å². The van der Waals surface area contributed by atoms with Crippen molar-refractivity contribution in [1.82, 2.24) is 59.7 Å². The van der Waals surface area contributed by atoms with Gasteiger partial charge in [-0.15, -0.1) is 26.3 Å². The Balaban J connectivity index is 0.000000175. The Morgan fingerprint density at radius 1 is 0.598 bits per heavy atom. The zero-order valence-corrected chi connectivity index (χ0v) is 57.3. The fourth-order valence-electron chi connectivity index (χ4n) is 12.2. The van der Waals surface area contributed by atoms with Gasteiger partial charge in [-0.2, -0.15) is 10.2 Å². The molecule has 3 amide bonds. The highest BCUT2D eigenvalue weighted by molar-refractivity contribution is 9.10. The number of carbonyl (C=O) groups excluding carboxylic acids is 5. The number of amides is 3. The van der Waals surface area contributed by atoms with Gasteiger partial charge in [-0.1, -0.05) is 48.6 Å². The van der Waals surface area contributed by atoms with Crippen LogP contribution in [-0.2, 0) is 64.4 Å². The van der Waals surface area contributed by atoms with Crippen LogP contribution in [-0.4, -0.2) is 159 Å². The van der Waals surface area contributed by atoms with Crippen molar-refractivity contribution in [2.24, 2.45) is 10.8 Å². The number of benzene rings is 2. The third-order valence-corrected chi connectivity index (χ3v) is 18.0. The first kappa shape index (κ1) is 70.6. The van der Waals surface area contributed by atoms with Crippen molar-refractivity contribution in [3.8, 4) is 22.3 Å². The Labute approximate surface area is 576 Å². The van der Waals surface area contributed by atoms with Gasteiger partial charge in [0.05, 0.1) is 69.9 Å². The van der Waals surface area contributed by atoms with Crippen LogP contribution in [0.4, 0.5) is 11.6 Å². The molecule has 4 N–H and O–H groups in total. The smallest absolute Gasteiger partial charge is 0.325 e. The number of nitrogens with one attached hydrogen (secondary N) is 3. The summed E-state index contributed by atoms with van der Waals surface area (Å²) in [7, 11) is 0. The van der Waals surface area contributed by atoms with Crippen LogP contribution in [0.3, 0.4) is 0 Å². The Hall–Kier alpha value is -9.22. The number of carboxylic acid groups (broad SMARTS) is 1. The molecule has 6 aromatic heterocycles. The molecule has 0 radical (unpaired) electrons. The Kier molecular flexibility index (Phi) is 22.8. The first-order valence-electron chi connectivity index (χ1n) is 31.2. The number of fused-ring (bicyclic) bond motifs is 4. The third kappa shape index (κ3) is 16.8. The zero-order chi connectivity index (χ0) is 69.1. The molecule has 6 atom stereocenters. The summed E-state index contributed by atoms with van der Waals surface area (Å²) in [6, 6.07) is 17.5. The molecule has 4 fully saturated rings. The van der Waals surface area contributed by atoms with Crippen LogP contribution in [0.5, 0.6) is 0 Å². The summed E-state index contributed by atoms with van der Waals surface area (Å²) in [4.78, 5) is 104. The summed E-state index contributed by atoms with van der Waals surface area (Å²) in [5, 5.41) is 28.2. The van der Waals surface area contributed by atoms with E-state index in [1.165, 1.54) is 18.5 Å². The second-order valence-electron chi connectivity index (χ2n) is 24.1. The number of aliphatic carboxylic acids is 1. The van der Waals surface area contributed by atoms with Crippen LogP contribution < -0.4 is 16.0 Å². The van der Waals surface area contributed by atoms with E-state index in [2.05, 4.69) is 114 Å². The number of carboxylic acids is 1. The summed E-state index contributed by atoms with van der Waals surface area (Å²) in [5.41, 5.74) is 6.30. The number of pyridine rings is 2. The molecule has 2 aromatic carbocycles. The van der Waals surface area contributed by atoms with Gasteiger partial charge in [-0.3, -0.25) is 38.1 Å². The van der Waals surface area contributed by atoms with Crippen molar-refractivity contribution in [2.75, 3.05) is 50.3 Å². The Morgan fingerprint density at radius 2 is 1.06 bits per heavy atom. The van der Waals surface area contributed by atoms with Gasteiger partial charge in [0.25, 0.3) is 0 Å². The van der Waals surface area contributed by atoms with Crippen molar-refractivity contribution >= 4 is 101 Å². The number of piperidine rings is 2. The van der Waals surface area contributed by atoms with Gasteiger partial charge in [0.1, 0.15) is 63.0 Å². The number of hydrogen-bond donors (Lipinski definition) is 4. The number of anilines is 2. The predicted molar refractivity (Wildman–Crippen MR) is 370 cm³/mol. The van der Waals surface area contributed by atoms with E-state index in [4.69, 9.17) is 24.1 Å². The van der Waals surface area contributed by atoms with E-state index >= 15 is 0 Å². The molecule has 0 bridgehead atoms. The SMILES string of the molecule is C=CCOCc1ccc(Br)nc1NC(=O)[C@@H]1C[C@]2(COCC=C)C[C@@H]2N1.C=CCOCc1ccc(Br)nc1NC(=O)[C@@H]1C[C@]2(COCC=C)C[C@@H]2N1C(=O)Cn1nc(C(C)=O)c2cc(-c3cnc(C)nc3)ccc21.CC(=O)c1nn(CC(=O)O)c2ccc(-c3cnc(C)nc3)cc12. The van der Waals surface area contributed by atoms with Crippen molar-refractivity contribution in [1.29, 1.82) is 0 Å². The highest BCUT2D eigenvalue weighted by atomic mass is 79.9. The van der Waals surface area contributed by atoms with Gasteiger partial charge in [0, 0.05) is 94.6 Å². The number of rotatable bonds is 28. The van der Waals surface area contributed by atoms with Crippen LogP contribution in [0, 0.1) is 24.7 Å². The number of Topliss-reactive ketones (excluding diaryl/α,β-unsaturated/α-hetero) is 2. The maximum Gasteiger partial charge on any atom is 0.325 e. The molecule has 0 unspecified atom stereocenters. The average Bonchev–Trinajstić information content (AvgIpc) is 1.54. The van der Waals surface area contributed by atoms with Crippen LogP contribution in [0.25, 0.3) is 44.1 Å². The third-order valence-electron chi connectivity index (χ3n) is 17.1. The minimum atomic E-state index is -1.01. The van der Waals surface area contributed by atoms with Crippen molar-refractivity contribution in [2.45, 2.75) is 104 Å². The lowest BCUT2D eigenvalue weighted by molar-refractivity contribution is -0.138.